The monoisotopic (exact) mass is 450 g/mol. The number of anilines is 1. The molecule has 3 rings (SSSR count). The number of rotatable bonds is 8. The van der Waals surface area contributed by atoms with Crippen LogP contribution in [0.5, 0.6) is 5.88 Å². The van der Waals surface area contributed by atoms with Crippen LogP contribution in [0.1, 0.15) is 34.1 Å². The van der Waals surface area contributed by atoms with Crippen molar-refractivity contribution in [1.29, 1.82) is 0 Å². The Morgan fingerprint density at radius 2 is 2.10 bits per heavy atom. The lowest BCUT2D eigenvalue weighted by atomic mass is 10.0. The number of ether oxygens (including phenoxy) is 3. The van der Waals surface area contributed by atoms with Crippen LogP contribution in [0.3, 0.4) is 0 Å². The van der Waals surface area contributed by atoms with Crippen molar-refractivity contribution in [1.82, 2.24) is 15.1 Å². The number of nitrogens with zero attached hydrogens (tertiary/aromatic N) is 3. The third-order valence-corrected chi connectivity index (χ3v) is 6.07. The molecule has 1 N–H and O–H groups in total. The molecule has 2 aromatic rings. The molecule has 31 heavy (non-hydrogen) atoms. The summed E-state index contributed by atoms with van der Waals surface area (Å²) >= 11 is 6.43. The zero-order valence-corrected chi connectivity index (χ0v) is 19.7. The summed E-state index contributed by atoms with van der Waals surface area (Å²) in [5.74, 6) is 0.430. The second kappa shape index (κ2) is 9.89. The van der Waals surface area contributed by atoms with Crippen LogP contribution in [0.25, 0.3) is 0 Å². The van der Waals surface area contributed by atoms with Crippen molar-refractivity contribution in [2.24, 2.45) is 7.05 Å². The quantitative estimate of drug-likeness (QED) is 0.666. The van der Waals surface area contributed by atoms with Gasteiger partial charge in [-0.25, -0.2) is 4.68 Å². The molecule has 0 aliphatic carbocycles. The summed E-state index contributed by atoms with van der Waals surface area (Å²) in [4.78, 5) is 15.3. The van der Waals surface area contributed by atoms with Gasteiger partial charge in [-0.3, -0.25) is 4.79 Å². The maximum atomic E-state index is 13.1. The Hall–Kier alpha value is -2.29. The van der Waals surface area contributed by atoms with Gasteiger partial charge in [0.2, 0.25) is 5.88 Å². The first kappa shape index (κ1) is 23.4. The fourth-order valence-electron chi connectivity index (χ4n) is 4.23. The van der Waals surface area contributed by atoms with Crippen LogP contribution >= 0.6 is 11.6 Å². The molecule has 0 bridgehead atoms. The molecule has 0 spiro atoms. The minimum atomic E-state index is -0.200. The number of carbonyl (C=O) groups is 1. The number of aryl methyl sites for hydroxylation is 2. The van der Waals surface area contributed by atoms with E-state index in [9.17, 15) is 4.79 Å². The number of hydrogen-bond acceptors (Lipinski definition) is 6. The average molecular weight is 451 g/mol. The first-order valence-corrected chi connectivity index (χ1v) is 10.7. The standard InChI is InChI=1S/C22H31ClN4O4/c1-7-27(19-11-31-12-20(19)29-5)18-9-15(23)8-16(13(18)2)21(28)24-10-17-14(3)25-26(4)22(17)30-6/h8-9,19-20H,7,10-12H2,1-6H3,(H,24,28)/t19-,20-/m1/s1. The van der Waals surface area contributed by atoms with Crippen molar-refractivity contribution < 1.29 is 19.0 Å². The molecule has 8 nitrogen and oxygen atoms in total. The second-order valence-corrected chi connectivity index (χ2v) is 8.08. The maximum Gasteiger partial charge on any atom is 0.251 e. The van der Waals surface area contributed by atoms with Gasteiger partial charge < -0.3 is 24.4 Å². The van der Waals surface area contributed by atoms with E-state index in [0.29, 0.717) is 36.2 Å². The predicted octanol–water partition coefficient (Wildman–Crippen LogP) is 2.87. The number of likely N-dealkylation sites (N-methyl/N-ethyl adjacent to an activating group) is 1. The number of aromatic nitrogens is 2. The zero-order valence-electron chi connectivity index (χ0n) is 19.0. The molecule has 1 aromatic carbocycles. The molecule has 170 valence electrons. The highest BCUT2D eigenvalue weighted by molar-refractivity contribution is 6.31. The SMILES string of the molecule is CCN(c1cc(Cl)cc(C(=O)NCc2c(C)nn(C)c2OC)c1C)[C@@H]1COC[C@H]1OC. The van der Waals surface area contributed by atoms with Crippen LogP contribution in [-0.4, -0.2) is 61.8 Å². The molecule has 1 saturated heterocycles. The van der Waals surface area contributed by atoms with E-state index in [2.05, 4.69) is 22.2 Å². The van der Waals surface area contributed by atoms with Gasteiger partial charge in [0.05, 0.1) is 44.2 Å². The van der Waals surface area contributed by atoms with Gasteiger partial charge in [0.25, 0.3) is 5.91 Å². The van der Waals surface area contributed by atoms with Gasteiger partial charge in [-0.1, -0.05) is 11.6 Å². The summed E-state index contributed by atoms with van der Waals surface area (Å²) in [6.07, 6.45) is -0.0309. The summed E-state index contributed by atoms with van der Waals surface area (Å²) in [5.41, 5.74) is 3.97. The van der Waals surface area contributed by atoms with Crippen molar-refractivity contribution in [3.8, 4) is 5.88 Å². The summed E-state index contributed by atoms with van der Waals surface area (Å²) in [6.45, 7) is 8.07. The van der Waals surface area contributed by atoms with Gasteiger partial charge in [0.15, 0.2) is 0 Å². The predicted molar refractivity (Wildman–Crippen MR) is 120 cm³/mol. The number of hydrogen-bond donors (Lipinski definition) is 1. The Kier molecular flexibility index (Phi) is 7.46. The van der Waals surface area contributed by atoms with Crippen LogP contribution in [0.2, 0.25) is 5.02 Å². The van der Waals surface area contributed by atoms with Gasteiger partial charge in [-0.15, -0.1) is 0 Å². The highest BCUT2D eigenvalue weighted by Gasteiger charge is 2.34. The summed E-state index contributed by atoms with van der Waals surface area (Å²) in [7, 11) is 5.09. The van der Waals surface area contributed by atoms with E-state index < -0.39 is 0 Å². The number of halogens is 1. The minimum Gasteiger partial charge on any atom is -0.481 e. The van der Waals surface area contributed by atoms with Gasteiger partial charge in [0.1, 0.15) is 6.10 Å². The van der Waals surface area contributed by atoms with Gasteiger partial charge >= 0.3 is 0 Å². The number of benzene rings is 1. The van der Waals surface area contributed by atoms with Crippen molar-refractivity contribution in [3.63, 3.8) is 0 Å². The molecule has 1 fully saturated rings. The Labute approximate surface area is 188 Å². The summed E-state index contributed by atoms with van der Waals surface area (Å²) in [5, 5.41) is 7.85. The normalized spacial score (nSPS) is 18.3. The maximum absolute atomic E-state index is 13.1. The average Bonchev–Trinajstić information content (AvgIpc) is 3.32. The minimum absolute atomic E-state index is 0.0309. The summed E-state index contributed by atoms with van der Waals surface area (Å²) in [6, 6.07) is 3.66. The molecule has 1 aliphatic rings. The van der Waals surface area contributed by atoms with E-state index in [1.165, 1.54) is 0 Å². The number of carbonyl (C=O) groups excluding carboxylic acids is 1. The molecule has 1 aliphatic heterocycles. The van der Waals surface area contributed by atoms with E-state index in [1.54, 1.807) is 25.0 Å². The molecule has 1 aromatic heterocycles. The number of amides is 1. The fourth-order valence-corrected chi connectivity index (χ4v) is 4.44. The highest BCUT2D eigenvalue weighted by Crippen LogP contribution is 2.32. The van der Waals surface area contributed by atoms with E-state index in [0.717, 1.165) is 29.1 Å². The van der Waals surface area contributed by atoms with E-state index in [4.69, 9.17) is 25.8 Å². The van der Waals surface area contributed by atoms with Crippen molar-refractivity contribution in [2.75, 3.05) is 38.9 Å². The number of methoxy groups -OCH3 is 2. The van der Waals surface area contributed by atoms with E-state index in [-0.39, 0.29) is 18.1 Å². The first-order chi connectivity index (χ1) is 14.8. The van der Waals surface area contributed by atoms with E-state index in [1.807, 2.05) is 27.0 Å². The van der Waals surface area contributed by atoms with Gasteiger partial charge in [-0.2, -0.15) is 5.10 Å². The van der Waals surface area contributed by atoms with Crippen molar-refractivity contribution in [2.45, 2.75) is 39.5 Å². The Morgan fingerprint density at radius 3 is 2.74 bits per heavy atom. The third-order valence-electron chi connectivity index (χ3n) is 5.85. The molecule has 2 atom stereocenters. The molecular weight excluding hydrogens is 420 g/mol. The number of nitrogens with one attached hydrogen (secondary N) is 1. The lowest BCUT2D eigenvalue weighted by molar-refractivity contribution is 0.0768. The van der Waals surface area contributed by atoms with Crippen LogP contribution in [-0.2, 0) is 23.1 Å². The van der Waals surface area contributed by atoms with Gasteiger partial charge in [-0.05, 0) is 38.5 Å². The molecule has 0 saturated carbocycles. The first-order valence-electron chi connectivity index (χ1n) is 10.3. The van der Waals surface area contributed by atoms with Crippen LogP contribution < -0.4 is 15.0 Å². The molecule has 1 amide bonds. The fraction of sp³-hybridized carbons (Fsp3) is 0.545. The largest absolute Gasteiger partial charge is 0.481 e. The van der Waals surface area contributed by atoms with Crippen LogP contribution in [0, 0.1) is 13.8 Å². The van der Waals surface area contributed by atoms with Gasteiger partial charge in [0, 0.05) is 37.0 Å². The Bertz CT molecular complexity index is 946. The lowest BCUT2D eigenvalue weighted by Crippen LogP contribution is -2.44. The Morgan fingerprint density at radius 1 is 1.35 bits per heavy atom. The zero-order chi connectivity index (χ0) is 22.7. The van der Waals surface area contributed by atoms with E-state index >= 15 is 0 Å². The lowest BCUT2D eigenvalue weighted by Gasteiger charge is -2.34. The Balaban J connectivity index is 1.87. The molecule has 0 unspecified atom stereocenters. The van der Waals surface area contributed by atoms with Crippen LogP contribution in [0.15, 0.2) is 12.1 Å². The highest BCUT2D eigenvalue weighted by atomic mass is 35.5. The van der Waals surface area contributed by atoms with Crippen molar-refractivity contribution >= 4 is 23.2 Å². The summed E-state index contributed by atoms with van der Waals surface area (Å²) < 4.78 is 18.3. The topological polar surface area (TPSA) is 77.9 Å². The van der Waals surface area contributed by atoms with Crippen LogP contribution in [0.4, 0.5) is 5.69 Å². The molecule has 9 heteroatoms. The molecular formula is C22H31ClN4O4. The van der Waals surface area contributed by atoms with Crippen molar-refractivity contribution in [3.05, 3.63) is 39.5 Å². The molecule has 2 heterocycles. The second-order valence-electron chi connectivity index (χ2n) is 7.64. The third kappa shape index (κ3) is 4.66. The molecule has 0 radical (unpaired) electrons. The smallest absolute Gasteiger partial charge is 0.251 e.